The van der Waals surface area contributed by atoms with Gasteiger partial charge >= 0.3 is 0 Å². The number of aromatic hydroxyl groups is 1. The molecule has 2 rings (SSSR count). The number of carbonyl (C=O) groups is 1. The molecule has 0 saturated heterocycles. The van der Waals surface area contributed by atoms with Crippen LogP contribution in [0.25, 0.3) is 0 Å². The Labute approximate surface area is 159 Å². The van der Waals surface area contributed by atoms with E-state index in [2.05, 4.69) is 31.0 Å². The zero-order valence-corrected chi connectivity index (χ0v) is 16.2. The van der Waals surface area contributed by atoms with Crippen molar-refractivity contribution in [1.29, 1.82) is 0 Å². The Kier molecular flexibility index (Phi) is 6.81. The molecule has 2 aromatic carbocycles. The highest BCUT2D eigenvalue weighted by atomic mass is 35.5. The number of amides is 1. The summed E-state index contributed by atoms with van der Waals surface area (Å²) in [6, 6.07) is 11.6. The highest BCUT2D eigenvalue weighted by Gasteiger charge is 2.15. The lowest BCUT2D eigenvalue weighted by Crippen LogP contribution is -2.11. The molecule has 0 spiro atoms. The standard InChI is InChI=1S/C21H25ClN2O2/c1-13(2)15-6-8-16(9-7-15)20(24-10-4-5-19(23)25)18-12-17(22)11-14(3)21(18)26/h6-9,11-13,26H,4-5,10H2,1-3H3,(H2,23,25)/b24-20+. The normalized spacial score (nSPS) is 11.8. The summed E-state index contributed by atoms with van der Waals surface area (Å²) in [6.45, 7) is 6.52. The molecule has 3 N–H and O–H groups in total. The van der Waals surface area contributed by atoms with Gasteiger partial charge in [0, 0.05) is 29.1 Å². The Bertz CT molecular complexity index is 812. The van der Waals surface area contributed by atoms with Gasteiger partial charge in [0.1, 0.15) is 5.75 Å². The number of hydrogen-bond acceptors (Lipinski definition) is 3. The fraction of sp³-hybridized carbons (Fsp3) is 0.333. The molecule has 0 atom stereocenters. The van der Waals surface area contributed by atoms with Crippen LogP contribution in [0.1, 0.15) is 54.9 Å². The predicted molar refractivity (Wildman–Crippen MR) is 107 cm³/mol. The second-order valence-corrected chi connectivity index (χ2v) is 7.13. The predicted octanol–water partition coefficient (Wildman–Crippen LogP) is 4.58. The van der Waals surface area contributed by atoms with Gasteiger partial charge < -0.3 is 10.8 Å². The van der Waals surface area contributed by atoms with E-state index < -0.39 is 0 Å². The minimum Gasteiger partial charge on any atom is -0.507 e. The van der Waals surface area contributed by atoms with Crippen LogP contribution in [0.4, 0.5) is 0 Å². The van der Waals surface area contributed by atoms with Crippen molar-refractivity contribution in [2.45, 2.75) is 39.5 Å². The number of phenolic OH excluding ortho intramolecular Hbond substituents is 1. The van der Waals surface area contributed by atoms with Crippen LogP contribution >= 0.6 is 11.6 Å². The van der Waals surface area contributed by atoms with Gasteiger partial charge in [-0.15, -0.1) is 0 Å². The molecule has 0 radical (unpaired) electrons. The van der Waals surface area contributed by atoms with E-state index in [-0.39, 0.29) is 18.1 Å². The van der Waals surface area contributed by atoms with E-state index in [9.17, 15) is 9.90 Å². The number of phenols is 1. The first-order valence-electron chi connectivity index (χ1n) is 8.72. The molecule has 1 amide bonds. The number of hydrogen-bond donors (Lipinski definition) is 2. The van der Waals surface area contributed by atoms with Crippen LogP contribution in [0.2, 0.25) is 5.02 Å². The van der Waals surface area contributed by atoms with Gasteiger partial charge in [-0.1, -0.05) is 49.7 Å². The van der Waals surface area contributed by atoms with Crippen molar-refractivity contribution in [1.82, 2.24) is 0 Å². The third-order valence-corrected chi connectivity index (χ3v) is 4.44. The fourth-order valence-electron chi connectivity index (χ4n) is 2.72. The molecule has 0 aliphatic carbocycles. The van der Waals surface area contributed by atoms with Crippen LogP contribution in [0.15, 0.2) is 41.4 Å². The molecule has 0 fully saturated rings. The van der Waals surface area contributed by atoms with Crippen LogP contribution in [0.3, 0.4) is 0 Å². The highest BCUT2D eigenvalue weighted by molar-refractivity contribution is 6.31. The molecule has 0 aliphatic rings. The lowest BCUT2D eigenvalue weighted by atomic mass is 9.96. The van der Waals surface area contributed by atoms with Crippen LogP contribution in [0.5, 0.6) is 5.75 Å². The van der Waals surface area contributed by atoms with Gasteiger partial charge in [-0.05, 0) is 42.5 Å². The van der Waals surface area contributed by atoms with Crippen LogP contribution in [0, 0.1) is 6.92 Å². The molecule has 0 heterocycles. The molecule has 138 valence electrons. The third kappa shape index (κ3) is 5.09. The molecule has 26 heavy (non-hydrogen) atoms. The summed E-state index contributed by atoms with van der Waals surface area (Å²) in [5.74, 6) is 0.252. The van der Waals surface area contributed by atoms with Crippen molar-refractivity contribution < 1.29 is 9.90 Å². The van der Waals surface area contributed by atoms with Crippen molar-refractivity contribution in [3.05, 3.63) is 63.7 Å². The number of benzene rings is 2. The Morgan fingerprint density at radius 3 is 2.46 bits per heavy atom. The number of halogens is 1. The maximum atomic E-state index is 10.9. The van der Waals surface area contributed by atoms with Crippen molar-refractivity contribution in [3.63, 3.8) is 0 Å². The number of aryl methyl sites for hydroxylation is 1. The quantitative estimate of drug-likeness (QED) is 0.551. The van der Waals surface area contributed by atoms with Gasteiger partial charge in [0.05, 0.1) is 5.71 Å². The van der Waals surface area contributed by atoms with Gasteiger partial charge in [0.2, 0.25) is 5.91 Å². The monoisotopic (exact) mass is 372 g/mol. The maximum absolute atomic E-state index is 10.9. The number of carbonyl (C=O) groups excluding carboxylic acids is 1. The third-order valence-electron chi connectivity index (χ3n) is 4.22. The topological polar surface area (TPSA) is 75.7 Å². The summed E-state index contributed by atoms with van der Waals surface area (Å²) in [7, 11) is 0. The van der Waals surface area contributed by atoms with Gasteiger partial charge in [-0.25, -0.2) is 0 Å². The van der Waals surface area contributed by atoms with Crippen molar-refractivity contribution in [3.8, 4) is 5.75 Å². The number of nitrogens with two attached hydrogens (primary N) is 1. The lowest BCUT2D eigenvalue weighted by molar-refractivity contribution is -0.118. The molecular formula is C21H25ClN2O2. The average Bonchev–Trinajstić information content (AvgIpc) is 2.58. The van der Waals surface area contributed by atoms with Gasteiger partial charge in [0.15, 0.2) is 0 Å². The van der Waals surface area contributed by atoms with E-state index in [1.54, 1.807) is 19.1 Å². The Hall–Kier alpha value is -2.33. The molecule has 0 unspecified atom stereocenters. The highest BCUT2D eigenvalue weighted by Crippen LogP contribution is 2.29. The maximum Gasteiger partial charge on any atom is 0.217 e. The number of nitrogens with zero attached hydrogens (tertiary/aromatic N) is 1. The van der Waals surface area contributed by atoms with E-state index in [0.29, 0.717) is 40.7 Å². The minimum atomic E-state index is -0.343. The largest absolute Gasteiger partial charge is 0.507 e. The molecule has 4 nitrogen and oxygen atoms in total. The zero-order chi connectivity index (χ0) is 19.3. The second-order valence-electron chi connectivity index (χ2n) is 6.70. The summed E-state index contributed by atoms with van der Waals surface area (Å²) in [4.78, 5) is 15.6. The van der Waals surface area contributed by atoms with Crippen LogP contribution in [-0.2, 0) is 4.79 Å². The summed E-state index contributed by atoms with van der Waals surface area (Å²) >= 11 is 6.20. The fourth-order valence-corrected chi connectivity index (χ4v) is 2.99. The van der Waals surface area contributed by atoms with Crippen molar-refractivity contribution in [2.24, 2.45) is 10.7 Å². The molecule has 5 heteroatoms. The molecule has 0 saturated carbocycles. The molecule has 0 aliphatic heterocycles. The van der Waals surface area contributed by atoms with E-state index in [0.717, 1.165) is 5.56 Å². The molecule has 0 aromatic heterocycles. The molecule has 0 bridgehead atoms. The zero-order valence-electron chi connectivity index (χ0n) is 15.4. The van der Waals surface area contributed by atoms with E-state index in [1.807, 2.05) is 12.1 Å². The van der Waals surface area contributed by atoms with E-state index in [1.165, 1.54) is 5.56 Å². The van der Waals surface area contributed by atoms with Gasteiger partial charge in [-0.3, -0.25) is 9.79 Å². The van der Waals surface area contributed by atoms with Gasteiger partial charge in [0.25, 0.3) is 0 Å². The SMILES string of the molecule is Cc1cc(Cl)cc(/C(=N/CCCC(N)=O)c2ccc(C(C)C)cc2)c1O. The number of aliphatic imine (C=N–C) groups is 1. The first-order valence-corrected chi connectivity index (χ1v) is 9.10. The molecular weight excluding hydrogens is 348 g/mol. The van der Waals surface area contributed by atoms with Crippen LogP contribution in [-0.4, -0.2) is 23.3 Å². The van der Waals surface area contributed by atoms with E-state index in [4.69, 9.17) is 17.3 Å². The van der Waals surface area contributed by atoms with Crippen molar-refractivity contribution in [2.75, 3.05) is 6.54 Å². The lowest BCUT2D eigenvalue weighted by Gasteiger charge is -2.13. The van der Waals surface area contributed by atoms with Gasteiger partial charge in [-0.2, -0.15) is 0 Å². The first-order chi connectivity index (χ1) is 12.3. The summed E-state index contributed by atoms with van der Waals surface area (Å²) in [5.41, 5.74) is 9.26. The minimum absolute atomic E-state index is 0.163. The Morgan fingerprint density at radius 2 is 1.88 bits per heavy atom. The first kappa shape index (κ1) is 20.0. The Morgan fingerprint density at radius 1 is 1.23 bits per heavy atom. The van der Waals surface area contributed by atoms with Crippen LogP contribution < -0.4 is 5.73 Å². The second kappa shape index (κ2) is 8.86. The number of primary amides is 1. The Balaban J connectivity index is 2.45. The summed E-state index contributed by atoms with van der Waals surface area (Å²) < 4.78 is 0. The smallest absolute Gasteiger partial charge is 0.217 e. The molecule has 2 aromatic rings. The summed E-state index contributed by atoms with van der Waals surface area (Å²) in [6.07, 6.45) is 0.840. The number of rotatable bonds is 7. The van der Waals surface area contributed by atoms with Crippen molar-refractivity contribution >= 4 is 23.2 Å². The summed E-state index contributed by atoms with van der Waals surface area (Å²) in [5, 5.41) is 11.1. The van der Waals surface area contributed by atoms with E-state index >= 15 is 0 Å². The average molecular weight is 373 g/mol.